The number of carboxylic acid groups (broad SMARTS) is 1. The van der Waals surface area contributed by atoms with Gasteiger partial charge in [0.15, 0.2) is 0 Å². The average Bonchev–Trinajstić information content (AvgIpc) is 3.08. The Hall–Kier alpha value is -2.34. The second kappa shape index (κ2) is 7.95. The van der Waals surface area contributed by atoms with Crippen molar-refractivity contribution in [2.45, 2.75) is 31.3 Å². The number of hydrogen-bond donors (Lipinski definition) is 2. The number of β-lactam (4-membered cyclic amide) rings is 1. The second-order valence-corrected chi connectivity index (χ2v) is 8.27. The molecule has 3 heterocycles. The summed E-state index contributed by atoms with van der Waals surface area (Å²) in [6.45, 7) is 2.67. The molecule has 0 saturated carbocycles. The lowest BCUT2D eigenvalue weighted by Crippen LogP contribution is -2.71. The number of nitrogens with zero attached hydrogens (tertiary/aromatic N) is 3. The summed E-state index contributed by atoms with van der Waals surface area (Å²) < 4.78 is 7.06. The van der Waals surface area contributed by atoms with Gasteiger partial charge in [-0.15, -0.1) is 11.8 Å². The van der Waals surface area contributed by atoms with Gasteiger partial charge in [-0.05, 0) is 22.9 Å². The number of fused-ring (bicyclic) bond motifs is 1. The Morgan fingerprint density at radius 2 is 2.21 bits per heavy atom. The summed E-state index contributed by atoms with van der Waals surface area (Å²) in [5.74, 6) is -2.46. The molecule has 28 heavy (non-hydrogen) atoms. The van der Waals surface area contributed by atoms with Crippen molar-refractivity contribution in [2.75, 3.05) is 12.4 Å². The van der Waals surface area contributed by atoms with Gasteiger partial charge in [0.1, 0.15) is 29.8 Å². The molecule has 0 bridgehead atoms. The lowest BCUT2D eigenvalue weighted by molar-refractivity contribution is -0.151. The molecule has 0 unspecified atom stereocenters. The van der Waals surface area contributed by atoms with Gasteiger partial charge in [0.2, 0.25) is 5.91 Å². The van der Waals surface area contributed by atoms with Crippen LogP contribution in [0.15, 0.2) is 28.1 Å². The van der Waals surface area contributed by atoms with Crippen LogP contribution in [0.2, 0.25) is 0 Å². The quantitative estimate of drug-likeness (QED) is 0.452. The molecule has 3 rings (SSSR count). The molecule has 0 radical (unpaired) electrons. The number of ether oxygens (including phenoxy) is 1. The van der Waals surface area contributed by atoms with Crippen LogP contribution in [0.25, 0.3) is 0 Å². The lowest BCUT2D eigenvalue weighted by atomic mass is 10.0. The summed E-state index contributed by atoms with van der Waals surface area (Å²) >= 11 is 4.56. The van der Waals surface area contributed by atoms with E-state index in [1.165, 1.54) is 23.4 Å². The molecule has 0 aliphatic carbocycles. The van der Waals surface area contributed by atoms with Crippen LogP contribution in [0.1, 0.15) is 19.9 Å². The number of carbonyl (C=O) groups excluding carboxylic acids is 3. The maximum absolute atomic E-state index is 12.6. The van der Waals surface area contributed by atoms with E-state index in [-0.39, 0.29) is 18.1 Å². The number of carbonyl (C=O) groups is 4. The molecule has 0 spiro atoms. The van der Waals surface area contributed by atoms with E-state index >= 15 is 0 Å². The fourth-order valence-electron chi connectivity index (χ4n) is 2.90. The van der Waals surface area contributed by atoms with Gasteiger partial charge in [0, 0.05) is 24.4 Å². The van der Waals surface area contributed by atoms with Crippen molar-refractivity contribution in [2.24, 2.45) is 0 Å². The van der Waals surface area contributed by atoms with Crippen molar-refractivity contribution in [3.05, 3.63) is 28.1 Å². The van der Waals surface area contributed by atoms with Gasteiger partial charge in [-0.1, -0.05) is 0 Å². The number of rotatable bonds is 6. The number of nitrogens with one attached hydrogen (secondary N) is 1. The van der Waals surface area contributed by atoms with Crippen LogP contribution < -0.4 is 5.32 Å². The predicted molar refractivity (Wildman–Crippen MR) is 101 cm³/mol. The topological polar surface area (TPSA) is 131 Å². The van der Waals surface area contributed by atoms with Gasteiger partial charge < -0.3 is 15.2 Å². The Labute approximate surface area is 172 Å². The number of carboxylic acids is 1. The van der Waals surface area contributed by atoms with Crippen LogP contribution >= 0.6 is 27.7 Å². The molecule has 12 heteroatoms. The minimum atomic E-state index is -1.28. The van der Waals surface area contributed by atoms with Gasteiger partial charge in [0.25, 0.3) is 5.91 Å². The summed E-state index contributed by atoms with van der Waals surface area (Å²) in [4.78, 5) is 48.8. The lowest BCUT2D eigenvalue weighted by Gasteiger charge is -2.49. The number of amides is 2. The number of esters is 1. The fourth-order valence-corrected chi connectivity index (χ4v) is 4.53. The zero-order valence-corrected chi connectivity index (χ0v) is 17.3. The second-order valence-electron chi connectivity index (χ2n) is 6.25. The van der Waals surface area contributed by atoms with Crippen LogP contribution in [-0.4, -0.2) is 67.3 Å². The Bertz CT molecular complexity index is 884. The minimum absolute atomic E-state index is 0.190. The van der Waals surface area contributed by atoms with Crippen LogP contribution in [0.3, 0.4) is 0 Å². The number of aliphatic carboxylic acids is 1. The number of hydrogen-bond acceptors (Lipinski definition) is 7. The number of thioether (sulfide) groups is 1. The van der Waals surface area contributed by atoms with Crippen molar-refractivity contribution >= 4 is 51.4 Å². The first kappa shape index (κ1) is 20.4. The molecule has 1 aromatic heterocycles. The highest BCUT2D eigenvalue weighted by atomic mass is 79.9. The van der Waals surface area contributed by atoms with Gasteiger partial charge in [-0.3, -0.25) is 24.0 Å². The molecule has 10 nitrogen and oxygen atoms in total. The Balaban J connectivity index is 1.72. The summed E-state index contributed by atoms with van der Waals surface area (Å²) in [6.07, 6.45) is 3.19. The number of aromatic nitrogens is 2. The Morgan fingerprint density at radius 1 is 1.50 bits per heavy atom. The molecule has 2 aliphatic rings. The van der Waals surface area contributed by atoms with E-state index in [1.807, 2.05) is 0 Å². The molecule has 150 valence electrons. The highest BCUT2D eigenvalue weighted by Crippen LogP contribution is 2.40. The standard InChI is InChI=1S/C16H17BrN4O6S/c1-7(20-4-10(17)3-18-20)13(23)19-11-14(24)21-12(16(25)26)9(5-27-8(2)22)6-28-15(11)21/h3-4,7,11,15H,5-6H2,1-2H3,(H,19,23)(H,25,26)/t7-,11+,15+/m1/s1. The first-order valence-electron chi connectivity index (χ1n) is 8.24. The molecule has 2 amide bonds. The normalized spacial score (nSPS) is 22.2. The summed E-state index contributed by atoms with van der Waals surface area (Å²) in [5.41, 5.74) is 0.154. The van der Waals surface area contributed by atoms with Gasteiger partial charge in [-0.2, -0.15) is 5.10 Å². The molecule has 1 fully saturated rings. The maximum Gasteiger partial charge on any atom is 0.352 e. The first-order chi connectivity index (χ1) is 13.2. The van der Waals surface area contributed by atoms with E-state index in [4.69, 9.17) is 4.74 Å². The summed E-state index contributed by atoms with van der Waals surface area (Å²) in [7, 11) is 0. The van der Waals surface area contributed by atoms with E-state index in [2.05, 4.69) is 26.3 Å². The highest BCUT2D eigenvalue weighted by Gasteiger charge is 2.54. The molecular formula is C16H17BrN4O6S. The summed E-state index contributed by atoms with van der Waals surface area (Å²) in [5, 5.41) is 15.7. The highest BCUT2D eigenvalue weighted by molar-refractivity contribution is 9.10. The molecule has 2 aliphatic heterocycles. The van der Waals surface area contributed by atoms with Crippen molar-refractivity contribution in [3.63, 3.8) is 0 Å². The minimum Gasteiger partial charge on any atom is -0.477 e. The fraction of sp³-hybridized carbons (Fsp3) is 0.438. The average molecular weight is 473 g/mol. The van der Waals surface area contributed by atoms with Crippen LogP contribution in [0.4, 0.5) is 0 Å². The largest absolute Gasteiger partial charge is 0.477 e. The zero-order valence-electron chi connectivity index (χ0n) is 14.9. The van der Waals surface area contributed by atoms with E-state index in [0.29, 0.717) is 5.57 Å². The Morgan fingerprint density at radius 3 is 2.79 bits per heavy atom. The van der Waals surface area contributed by atoms with Crippen molar-refractivity contribution in [3.8, 4) is 0 Å². The van der Waals surface area contributed by atoms with E-state index in [0.717, 1.165) is 9.37 Å². The van der Waals surface area contributed by atoms with E-state index in [9.17, 15) is 24.3 Å². The molecule has 0 aromatic carbocycles. The predicted octanol–water partition coefficient (Wildman–Crippen LogP) is 0.508. The number of halogens is 1. The summed E-state index contributed by atoms with van der Waals surface area (Å²) in [6, 6.07) is -1.47. The van der Waals surface area contributed by atoms with Gasteiger partial charge >= 0.3 is 11.9 Å². The SMILES string of the molecule is CC(=O)OCC1=C(C(=O)O)N2C(=O)[C@H](NC(=O)[C@@H](C)n3cc(Br)cn3)[C@@H]2SC1. The van der Waals surface area contributed by atoms with E-state index < -0.39 is 41.2 Å². The molecule has 2 N–H and O–H groups in total. The van der Waals surface area contributed by atoms with E-state index in [1.54, 1.807) is 19.3 Å². The first-order valence-corrected chi connectivity index (χ1v) is 10.1. The van der Waals surface area contributed by atoms with Crippen molar-refractivity contribution in [1.29, 1.82) is 0 Å². The van der Waals surface area contributed by atoms with Gasteiger partial charge in [-0.25, -0.2) is 4.79 Å². The van der Waals surface area contributed by atoms with Crippen molar-refractivity contribution in [1.82, 2.24) is 20.0 Å². The Kier molecular flexibility index (Phi) is 5.79. The van der Waals surface area contributed by atoms with Gasteiger partial charge in [0.05, 0.1) is 10.7 Å². The molecule has 1 saturated heterocycles. The van der Waals surface area contributed by atoms with Crippen LogP contribution in [-0.2, 0) is 23.9 Å². The smallest absolute Gasteiger partial charge is 0.352 e. The monoisotopic (exact) mass is 472 g/mol. The zero-order chi connectivity index (χ0) is 20.6. The molecular weight excluding hydrogens is 456 g/mol. The van der Waals surface area contributed by atoms with Crippen molar-refractivity contribution < 1.29 is 29.0 Å². The third-order valence-electron chi connectivity index (χ3n) is 4.34. The maximum atomic E-state index is 12.6. The third-order valence-corrected chi connectivity index (χ3v) is 6.09. The van der Waals surface area contributed by atoms with Crippen LogP contribution in [0.5, 0.6) is 0 Å². The third kappa shape index (κ3) is 3.78. The van der Waals surface area contributed by atoms with Crippen LogP contribution in [0, 0.1) is 0 Å². The molecule has 3 atom stereocenters. The molecule has 1 aromatic rings.